The Kier molecular flexibility index (Phi) is 2.90. The second kappa shape index (κ2) is 4.46. The van der Waals surface area contributed by atoms with Gasteiger partial charge < -0.3 is 5.11 Å². The molecule has 0 spiro atoms. The predicted octanol–water partition coefficient (Wildman–Crippen LogP) is 2.96. The highest BCUT2D eigenvalue weighted by molar-refractivity contribution is 7.09. The maximum atomic E-state index is 11.9. The largest absolute Gasteiger partial charge is 0.481 e. The lowest BCUT2D eigenvalue weighted by Gasteiger charge is -2.24. The Morgan fingerprint density at radius 1 is 1.47 bits per heavy atom. The lowest BCUT2D eigenvalue weighted by molar-refractivity contribution is -0.143. The number of hydrogen-bond acceptors (Lipinski definition) is 3. The lowest BCUT2D eigenvalue weighted by Crippen LogP contribution is -2.35. The summed E-state index contributed by atoms with van der Waals surface area (Å²) in [5.74, 6) is -0.731. The van der Waals surface area contributed by atoms with Gasteiger partial charge in [-0.3, -0.25) is 4.79 Å². The molecule has 0 radical (unpaired) electrons. The molecule has 3 nitrogen and oxygen atoms in total. The predicted molar refractivity (Wildman–Crippen MR) is 74.6 cm³/mol. The fourth-order valence-electron chi connectivity index (χ4n) is 2.91. The summed E-state index contributed by atoms with van der Waals surface area (Å²) >= 11 is 1.55. The number of carbonyl (C=O) groups is 1. The number of rotatable bonds is 3. The highest BCUT2D eigenvalue weighted by Crippen LogP contribution is 2.42. The van der Waals surface area contributed by atoms with Gasteiger partial charge in [0.2, 0.25) is 0 Å². The van der Waals surface area contributed by atoms with Crippen molar-refractivity contribution in [3.63, 3.8) is 0 Å². The molecule has 0 bridgehead atoms. The first-order chi connectivity index (χ1) is 9.12. The molecule has 1 aliphatic carbocycles. The van der Waals surface area contributed by atoms with Gasteiger partial charge in [0, 0.05) is 17.5 Å². The van der Waals surface area contributed by atoms with Gasteiger partial charge in [-0.15, -0.1) is 11.3 Å². The van der Waals surface area contributed by atoms with Crippen molar-refractivity contribution in [2.24, 2.45) is 0 Å². The molecule has 0 saturated carbocycles. The van der Waals surface area contributed by atoms with E-state index in [2.05, 4.69) is 4.98 Å². The molecule has 2 aromatic rings. The molecule has 1 unspecified atom stereocenters. The molecule has 1 atom stereocenters. The van der Waals surface area contributed by atoms with Crippen LogP contribution in [0.1, 0.15) is 28.2 Å². The van der Waals surface area contributed by atoms with Crippen LogP contribution in [0.4, 0.5) is 0 Å². The van der Waals surface area contributed by atoms with Gasteiger partial charge in [-0.2, -0.15) is 0 Å². The van der Waals surface area contributed by atoms with Crippen LogP contribution in [0.15, 0.2) is 29.6 Å². The lowest BCUT2D eigenvalue weighted by atomic mass is 9.79. The summed E-state index contributed by atoms with van der Waals surface area (Å²) in [6.45, 7) is 1.94. The van der Waals surface area contributed by atoms with Gasteiger partial charge in [-0.1, -0.05) is 24.3 Å². The fraction of sp³-hybridized carbons (Fsp3) is 0.333. The third-order valence-electron chi connectivity index (χ3n) is 3.88. The molecule has 0 amide bonds. The monoisotopic (exact) mass is 273 g/mol. The maximum absolute atomic E-state index is 11.9. The molecule has 1 heterocycles. The molecular weight excluding hydrogens is 258 g/mol. The molecule has 19 heavy (non-hydrogen) atoms. The van der Waals surface area contributed by atoms with Gasteiger partial charge in [-0.05, 0) is 30.9 Å². The number of carboxylic acids is 1. The quantitative estimate of drug-likeness (QED) is 0.935. The van der Waals surface area contributed by atoms with Crippen LogP contribution >= 0.6 is 11.3 Å². The average molecular weight is 273 g/mol. The number of fused-ring (bicyclic) bond motifs is 1. The van der Waals surface area contributed by atoms with Crippen LogP contribution in [0.2, 0.25) is 0 Å². The number of hydrogen-bond donors (Lipinski definition) is 1. The minimum absolute atomic E-state index is 0.498. The summed E-state index contributed by atoms with van der Waals surface area (Å²) in [6.07, 6.45) is 2.00. The fourth-order valence-corrected chi connectivity index (χ4v) is 3.80. The van der Waals surface area contributed by atoms with Crippen LogP contribution in [0.5, 0.6) is 0 Å². The maximum Gasteiger partial charge on any atom is 0.314 e. The van der Waals surface area contributed by atoms with Crippen molar-refractivity contribution in [1.29, 1.82) is 0 Å². The van der Waals surface area contributed by atoms with E-state index in [1.165, 1.54) is 0 Å². The summed E-state index contributed by atoms with van der Waals surface area (Å²) in [4.78, 5) is 16.3. The van der Waals surface area contributed by atoms with Crippen LogP contribution in [0.25, 0.3) is 0 Å². The molecular formula is C15H15NO2S. The van der Waals surface area contributed by atoms with E-state index < -0.39 is 11.4 Å². The molecule has 0 saturated heterocycles. The van der Waals surface area contributed by atoms with E-state index in [4.69, 9.17) is 0 Å². The zero-order valence-electron chi connectivity index (χ0n) is 10.7. The van der Waals surface area contributed by atoms with Crippen molar-refractivity contribution < 1.29 is 9.90 Å². The van der Waals surface area contributed by atoms with Crippen molar-refractivity contribution in [1.82, 2.24) is 4.98 Å². The number of aliphatic carboxylic acids is 1. The third kappa shape index (κ3) is 1.96. The molecule has 3 rings (SSSR count). The van der Waals surface area contributed by atoms with Crippen molar-refractivity contribution in [2.75, 3.05) is 0 Å². The Bertz CT molecular complexity index is 635. The zero-order chi connectivity index (χ0) is 13.5. The number of aromatic nitrogens is 1. The number of benzene rings is 1. The first kappa shape index (κ1) is 12.4. The molecule has 1 N–H and O–H groups in total. The van der Waals surface area contributed by atoms with Gasteiger partial charge >= 0.3 is 5.97 Å². The highest BCUT2D eigenvalue weighted by atomic mass is 32.1. The van der Waals surface area contributed by atoms with Crippen LogP contribution in [0, 0.1) is 6.92 Å². The number of thiazole rings is 1. The summed E-state index contributed by atoms with van der Waals surface area (Å²) in [5.41, 5.74) is 2.31. The van der Waals surface area contributed by atoms with Gasteiger partial charge in [-0.25, -0.2) is 4.98 Å². The Morgan fingerprint density at radius 3 is 2.95 bits per heavy atom. The number of carboxylic acid groups (broad SMARTS) is 1. The second-order valence-corrected chi connectivity index (χ2v) is 6.05. The minimum Gasteiger partial charge on any atom is -0.481 e. The standard InChI is InChI=1S/C15H15NO2S/c1-10-9-19-13(16-10)8-15(14(17)18)7-6-11-4-2-3-5-12(11)15/h2-5,9H,6-8H2,1H3,(H,17,18). The Hall–Kier alpha value is -1.68. The smallest absolute Gasteiger partial charge is 0.314 e. The van der Waals surface area contributed by atoms with E-state index in [1.807, 2.05) is 36.6 Å². The number of aryl methyl sites for hydroxylation is 2. The Balaban J connectivity index is 2.04. The van der Waals surface area contributed by atoms with Gasteiger partial charge in [0.15, 0.2) is 0 Å². The van der Waals surface area contributed by atoms with E-state index >= 15 is 0 Å². The summed E-state index contributed by atoms with van der Waals surface area (Å²) in [6, 6.07) is 7.89. The summed E-state index contributed by atoms with van der Waals surface area (Å²) in [7, 11) is 0. The zero-order valence-corrected chi connectivity index (χ0v) is 11.5. The molecule has 1 aliphatic rings. The van der Waals surface area contributed by atoms with Crippen LogP contribution in [-0.4, -0.2) is 16.1 Å². The van der Waals surface area contributed by atoms with Crippen molar-refractivity contribution in [3.05, 3.63) is 51.5 Å². The first-order valence-corrected chi connectivity index (χ1v) is 7.22. The Morgan fingerprint density at radius 2 is 2.26 bits per heavy atom. The minimum atomic E-state index is -0.791. The first-order valence-electron chi connectivity index (χ1n) is 6.35. The summed E-state index contributed by atoms with van der Waals surface area (Å²) in [5, 5.41) is 12.6. The van der Waals surface area contributed by atoms with Crippen molar-refractivity contribution >= 4 is 17.3 Å². The molecule has 4 heteroatoms. The molecule has 0 aliphatic heterocycles. The third-order valence-corrected chi connectivity index (χ3v) is 4.85. The van der Waals surface area contributed by atoms with E-state index in [0.717, 1.165) is 28.2 Å². The van der Waals surface area contributed by atoms with Gasteiger partial charge in [0.25, 0.3) is 0 Å². The number of nitrogens with zero attached hydrogens (tertiary/aromatic N) is 1. The molecule has 0 fully saturated rings. The van der Waals surface area contributed by atoms with Gasteiger partial charge in [0.1, 0.15) is 0 Å². The average Bonchev–Trinajstić information content (AvgIpc) is 2.96. The van der Waals surface area contributed by atoms with E-state index in [0.29, 0.717) is 12.8 Å². The highest BCUT2D eigenvalue weighted by Gasteiger charge is 2.45. The van der Waals surface area contributed by atoms with Crippen LogP contribution < -0.4 is 0 Å². The second-order valence-electron chi connectivity index (χ2n) is 5.10. The molecule has 1 aromatic carbocycles. The van der Waals surface area contributed by atoms with Crippen LogP contribution in [-0.2, 0) is 23.1 Å². The van der Waals surface area contributed by atoms with Crippen molar-refractivity contribution in [3.8, 4) is 0 Å². The molecule has 98 valence electrons. The van der Waals surface area contributed by atoms with Crippen LogP contribution in [0.3, 0.4) is 0 Å². The topological polar surface area (TPSA) is 50.2 Å². The normalized spacial score (nSPS) is 21.3. The van der Waals surface area contributed by atoms with E-state index in [9.17, 15) is 9.90 Å². The van der Waals surface area contributed by atoms with E-state index in [1.54, 1.807) is 11.3 Å². The Labute approximate surface area is 115 Å². The molecule has 1 aromatic heterocycles. The van der Waals surface area contributed by atoms with Crippen molar-refractivity contribution in [2.45, 2.75) is 31.6 Å². The van der Waals surface area contributed by atoms with E-state index in [-0.39, 0.29) is 0 Å². The van der Waals surface area contributed by atoms with Gasteiger partial charge in [0.05, 0.1) is 10.4 Å². The summed E-state index contributed by atoms with van der Waals surface area (Å²) < 4.78 is 0. The SMILES string of the molecule is Cc1csc(CC2(C(=O)O)CCc3ccccc32)n1.